The van der Waals surface area contributed by atoms with Crippen molar-refractivity contribution in [2.24, 2.45) is 5.73 Å². The van der Waals surface area contributed by atoms with Crippen molar-refractivity contribution in [2.45, 2.75) is 19.4 Å². The van der Waals surface area contributed by atoms with Gasteiger partial charge in [-0.1, -0.05) is 11.6 Å². The zero-order valence-electron chi connectivity index (χ0n) is 7.15. The highest BCUT2D eigenvalue weighted by atomic mass is 79.9. The van der Waals surface area contributed by atoms with Crippen LogP contribution in [0.1, 0.15) is 12.5 Å². The molecule has 1 nitrogen and oxygen atoms in total. The number of benzene rings is 1. The predicted octanol–water partition coefficient (Wildman–Crippen LogP) is 3.13. The maximum absolute atomic E-state index is 13.0. The Morgan fingerprint density at radius 3 is 2.69 bits per heavy atom. The van der Waals surface area contributed by atoms with E-state index in [1.54, 1.807) is 12.1 Å². The highest BCUT2D eigenvalue weighted by Crippen LogP contribution is 2.25. The van der Waals surface area contributed by atoms with Crippen LogP contribution in [0.2, 0.25) is 5.02 Å². The molecule has 0 amide bonds. The summed E-state index contributed by atoms with van der Waals surface area (Å²) in [6.45, 7) is 1.89. The Morgan fingerprint density at radius 1 is 1.62 bits per heavy atom. The number of hydrogen-bond donors (Lipinski definition) is 1. The van der Waals surface area contributed by atoms with Crippen molar-refractivity contribution in [1.82, 2.24) is 0 Å². The van der Waals surface area contributed by atoms with E-state index in [2.05, 4.69) is 15.9 Å². The van der Waals surface area contributed by atoms with Crippen LogP contribution in [0.15, 0.2) is 16.6 Å². The summed E-state index contributed by atoms with van der Waals surface area (Å²) in [4.78, 5) is 0. The van der Waals surface area contributed by atoms with Crippen LogP contribution in [0.4, 0.5) is 4.39 Å². The molecule has 0 radical (unpaired) electrons. The fourth-order valence-electron chi connectivity index (χ4n) is 1.10. The van der Waals surface area contributed by atoms with Gasteiger partial charge in [-0.2, -0.15) is 0 Å². The molecule has 0 aliphatic carbocycles. The van der Waals surface area contributed by atoms with Gasteiger partial charge in [0, 0.05) is 6.04 Å². The standard InChI is InChI=1S/C9H10BrClFN/c1-5(13)2-6-3-7(10)9(12)8(11)4-6/h3-5H,2,13H2,1H3. The second kappa shape index (κ2) is 4.40. The van der Waals surface area contributed by atoms with Crippen molar-refractivity contribution in [2.75, 3.05) is 0 Å². The van der Waals surface area contributed by atoms with E-state index >= 15 is 0 Å². The summed E-state index contributed by atoms with van der Waals surface area (Å²) in [7, 11) is 0. The van der Waals surface area contributed by atoms with Gasteiger partial charge in [0.05, 0.1) is 9.50 Å². The smallest absolute Gasteiger partial charge is 0.155 e. The minimum absolute atomic E-state index is 0.0495. The summed E-state index contributed by atoms with van der Waals surface area (Å²) in [5.41, 5.74) is 6.55. The molecule has 2 N–H and O–H groups in total. The number of nitrogens with two attached hydrogens (primary N) is 1. The lowest BCUT2D eigenvalue weighted by molar-refractivity contribution is 0.619. The summed E-state index contributed by atoms with van der Waals surface area (Å²) in [6.07, 6.45) is 0.693. The van der Waals surface area contributed by atoms with Gasteiger partial charge < -0.3 is 5.73 Å². The molecular weight excluding hydrogens is 256 g/mol. The van der Waals surface area contributed by atoms with Gasteiger partial charge in [-0.3, -0.25) is 0 Å². The fourth-order valence-corrected chi connectivity index (χ4v) is 1.96. The number of hydrogen-bond acceptors (Lipinski definition) is 1. The van der Waals surface area contributed by atoms with Crippen LogP contribution in [0.25, 0.3) is 0 Å². The summed E-state index contributed by atoms with van der Waals surface area (Å²) >= 11 is 8.74. The van der Waals surface area contributed by atoms with Crippen LogP contribution in [0.5, 0.6) is 0 Å². The van der Waals surface area contributed by atoms with E-state index in [-0.39, 0.29) is 11.1 Å². The highest BCUT2D eigenvalue weighted by molar-refractivity contribution is 9.10. The summed E-state index contributed by atoms with van der Waals surface area (Å²) in [5, 5.41) is 0.130. The van der Waals surface area contributed by atoms with Crippen LogP contribution in [0, 0.1) is 5.82 Å². The van der Waals surface area contributed by atoms with E-state index in [4.69, 9.17) is 17.3 Å². The third-order valence-electron chi connectivity index (χ3n) is 1.60. The first kappa shape index (κ1) is 11.0. The lowest BCUT2D eigenvalue weighted by Gasteiger charge is -2.07. The van der Waals surface area contributed by atoms with Gasteiger partial charge in [-0.15, -0.1) is 0 Å². The minimum atomic E-state index is -0.421. The lowest BCUT2D eigenvalue weighted by Crippen LogP contribution is -2.17. The minimum Gasteiger partial charge on any atom is -0.328 e. The average molecular weight is 267 g/mol. The molecule has 72 valence electrons. The van der Waals surface area contributed by atoms with Gasteiger partial charge in [0.15, 0.2) is 5.82 Å². The summed E-state index contributed by atoms with van der Waals surface area (Å²) < 4.78 is 13.4. The molecule has 0 saturated carbocycles. The van der Waals surface area contributed by atoms with E-state index in [0.29, 0.717) is 10.9 Å². The molecule has 4 heteroatoms. The van der Waals surface area contributed by atoms with E-state index in [9.17, 15) is 4.39 Å². The van der Waals surface area contributed by atoms with Gasteiger partial charge in [0.2, 0.25) is 0 Å². The maximum atomic E-state index is 13.0. The van der Waals surface area contributed by atoms with Gasteiger partial charge in [-0.25, -0.2) is 4.39 Å². The summed E-state index contributed by atoms with van der Waals surface area (Å²) in [6, 6.07) is 3.35. The molecule has 1 atom stereocenters. The third-order valence-corrected chi connectivity index (χ3v) is 2.45. The molecule has 13 heavy (non-hydrogen) atoms. The zero-order chi connectivity index (χ0) is 10.0. The number of halogens is 3. The first-order valence-corrected chi connectivity index (χ1v) is 5.07. The van der Waals surface area contributed by atoms with Gasteiger partial charge in [0.1, 0.15) is 0 Å². The molecule has 0 aliphatic heterocycles. The maximum Gasteiger partial charge on any atom is 0.155 e. The van der Waals surface area contributed by atoms with Crippen molar-refractivity contribution in [3.8, 4) is 0 Å². The molecule has 0 spiro atoms. The zero-order valence-corrected chi connectivity index (χ0v) is 9.49. The molecule has 0 saturated heterocycles. The molecule has 1 unspecified atom stereocenters. The van der Waals surface area contributed by atoms with E-state index in [1.807, 2.05) is 6.92 Å². The average Bonchev–Trinajstić information content (AvgIpc) is 1.98. The van der Waals surface area contributed by atoms with Crippen LogP contribution in [-0.2, 0) is 6.42 Å². The second-order valence-corrected chi connectivity index (χ2v) is 4.32. The Labute approximate surface area is 90.2 Å². The molecule has 0 aliphatic rings. The Bertz CT molecular complexity index is 291. The van der Waals surface area contributed by atoms with Crippen molar-refractivity contribution in [3.63, 3.8) is 0 Å². The lowest BCUT2D eigenvalue weighted by atomic mass is 10.1. The van der Waals surface area contributed by atoms with Crippen molar-refractivity contribution >= 4 is 27.5 Å². The molecular formula is C9H10BrClFN. The molecule has 0 aromatic heterocycles. The van der Waals surface area contributed by atoms with Crippen molar-refractivity contribution in [1.29, 1.82) is 0 Å². The number of rotatable bonds is 2. The van der Waals surface area contributed by atoms with Crippen LogP contribution in [0.3, 0.4) is 0 Å². The largest absolute Gasteiger partial charge is 0.328 e. The molecule has 0 heterocycles. The van der Waals surface area contributed by atoms with Gasteiger partial charge >= 0.3 is 0 Å². The Hall–Kier alpha value is -0.120. The Kier molecular flexibility index (Phi) is 3.71. The topological polar surface area (TPSA) is 26.0 Å². The SMILES string of the molecule is CC(N)Cc1cc(Cl)c(F)c(Br)c1. The fraction of sp³-hybridized carbons (Fsp3) is 0.333. The van der Waals surface area contributed by atoms with E-state index in [1.165, 1.54) is 0 Å². The van der Waals surface area contributed by atoms with Gasteiger partial charge in [0.25, 0.3) is 0 Å². The molecule has 0 fully saturated rings. The van der Waals surface area contributed by atoms with E-state index < -0.39 is 5.82 Å². The molecule has 1 rings (SSSR count). The Morgan fingerprint density at radius 2 is 2.23 bits per heavy atom. The monoisotopic (exact) mass is 265 g/mol. The first-order chi connectivity index (χ1) is 6.00. The quantitative estimate of drug-likeness (QED) is 0.818. The van der Waals surface area contributed by atoms with Crippen LogP contribution in [-0.4, -0.2) is 6.04 Å². The summed E-state index contributed by atoms with van der Waals surface area (Å²) in [5.74, 6) is -0.421. The Balaban J connectivity index is 2.99. The molecule has 1 aromatic carbocycles. The third kappa shape index (κ3) is 2.93. The van der Waals surface area contributed by atoms with Crippen molar-refractivity contribution < 1.29 is 4.39 Å². The van der Waals surface area contributed by atoms with Crippen molar-refractivity contribution in [3.05, 3.63) is 33.0 Å². The van der Waals surface area contributed by atoms with Crippen LogP contribution >= 0.6 is 27.5 Å². The van der Waals surface area contributed by atoms with Gasteiger partial charge in [-0.05, 0) is 47.0 Å². The molecule has 0 bridgehead atoms. The highest BCUT2D eigenvalue weighted by Gasteiger charge is 2.07. The van der Waals surface area contributed by atoms with E-state index in [0.717, 1.165) is 5.56 Å². The molecule has 1 aromatic rings. The normalized spacial score (nSPS) is 13.0. The van der Waals surface area contributed by atoms with Crippen LogP contribution < -0.4 is 5.73 Å². The second-order valence-electron chi connectivity index (χ2n) is 3.05. The predicted molar refractivity (Wildman–Crippen MR) is 56.5 cm³/mol. The first-order valence-electron chi connectivity index (χ1n) is 3.89.